The van der Waals surface area contributed by atoms with Gasteiger partial charge in [-0.2, -0.15) is 4.98 Å². The molecule has 3 aromatic rings. The highest BCUT2D eigenvalue weighted by Gasteiger charge is 2.14. The van der Waals surface area contributed by atoms with Gasteiger partial charge in [0.05, 0.1) is 14.9 Å². The Morgan fingerprint density at radius 3 is 2.85 bits per heavy atom. The molecule has 3 nitrogen and oxygen atoms in total. The Kier molecular flexibility index (Phi) is 3.81. The summed E-state index contributed by atoms with van der Waals surface area (Å²) in [7, 11) is 0. The first-order valence-corrected chi connectivity index (χ1v) is 7.70. The van der Waals surface area contributed by atoms with Crippen molar-refractivity contribution >= 4 is 60.7 Å². The second-order valence-corrected chi connectivity index (χ2v) is 6.23. The zero-order valence-corrected chi connectivity index (χ0v) is 13.4. The Hall–Kier alpha value is -0.950. The summed E-state index contributed by atoms with van der Waals surface area (Å²) in [6.07, 6.45) is 0. The maximum Gasteiger partial charge on any atom is 0.232 e. The number of nitrogens with zero attached hydrogens (tertiary/aromatic N) is 2. The molecule has 2 aromatic heterocycles. The maximum atomic E-state index is 13.5. The number of aromatic nitrogens is 2. The van der Waals surface area contributed by atoms with Crippen LogP contribution in [0.25, 0.3) is 10.2 Å². The van der Waals surface area contributed by atoms with E-state index in [-0.39, 0.29) is 21.9 Å². The van der Waals surface area contributed by atoms with Gasteiger partial charge in [0, 0.05) is 6.07 Å². The number of halogens is 4. The minimum Gasteiger partial charge on any atom is -0.437 e. The standard InChI is InChI=1S/C12H4BrCl2FN2OS/c13-6-3-7(14)8(16)4-9(6)19-10-5-1-2-20-11(5)18-12(15)17-10/h1-4H. The van der Waals surface area contributed by atoms with E-state index >= 15 is 0 Å². The molecule has 0 unspecified atom stereocenters. The van der Waals surface area contributed by atoms with Crippen LogP contribution >= 0.6 is 50.5 Å². The summed E-state index contributed by atoms with van der Waals surface area (Å²) in [6, 6.07) is 4.41. The fraction of sp³-hybridized carbons (Fsp3) is 0. The van der Waals surface area contributed by atoms with Crippen molar-refractivity contribution in [1.29, 1.82) is 0 Å². The highest BCUT2D eigenvalue weighted by Crippen LogP contribution is 2.36. The van der Waals surface area contributed by atoms with Crippen LogP contribution in [0, 0.1) is 5.82 Å². The zero-order chi connectivity index (χ0) is 14.3. The second kappa shape index (κ2) is 5.44. The van der Waals surface area contributed by atoms with Crippen molar-refractivity contribution in [2.45, 2.75) is 0 Å². The van der Waals surface area contributed by atoms with E-state index in [1.54, 1.807) is 0 Å². The van der Waals surface area contributed by atoms with Crippen molar-refractivity contribution < 1.29 is 9.13 Å². The largest absolute Gasteiger partial charge is 0.437 e. The number of hydrogen-bond donors (Lipinski definition) is 0. The van der Waals surface area contributed by atoms with Gasteiger partial charge in [-0.05, 0) is 45.0 Å². The van der Waals surface area contributed by atoms with Gasteiger partial charge in [-0.25, -0.2) is 9.37 Å². The minimum atomic E-state index is -0.577. The van der Waals surface area contributed by atoms with Gasteiger partial charge < -0.3 is 4.74 Å². The summed E-state index contributed by atoms with van der Waals surface area (Å²) in [5.41, 5.74) is 0. The van der Waals surface area contributed by atoms with E-state index in [9.17, 15) is 4.39 Å². The Labute approximate surface area is 135 Å². The lowest BCUT2D eigenvalue weighted by Crippen LogP contribution is -1.93. The summed E-state index contributed by atoms with van der Waals surface area (Å²) in [6.45, 7) is 0. The predicted molar refractivity (Wildman–Crippen MR) is 81.6 cm³/mol. The highest BCUT2D eigenvalue weighted by atomic mass is 79.9. The topological polar surface area (TPSA) is 35.0 Å². The van der Waals surface area contributed by atoms with Crippen LogP contribution in [-0.4, -0.2) is 9.97 Å². The van der Waals surface area contributed by atoms with E-state index in [1.165, 1.54) is 23.5 Å². The quantitative estimate of drug-likeness (QED) is 0.414. The van der Waals surface area contributed by atoms with E-state index < -0.39 is 5.82 Å². The molecule has 0 saturated heterocycles. The molecule has 1 aromatic carbocycles. The molecule has 0 atom stereocenters. The number of benzene rings is 1. The van der Waals surface area contributed by atoms with Crippen LogP contribution < -0.4 is 4.74 Å². The van der Waals surface area contributed by atoms with Crippen molar-refractivity contribution in [2.24, 2.45) is 0 Å². The molecule has 102 valence electrons. The van der Waals surface area contributed by atoms with Crippen LogP contribution in [0.15, 0.2) is 28.1 Å². The molecule has 0 fully saturated rings. The summed E-state index contributed by atoms with van der Waals surface area (Å²) in [5, 5.41) is 2.63. The number of rotatable bonds is 2. The fourth-order valence-electron chi connectivity index (χ4n) is 1.57. The SMILES string of the molecule is Fc1cc(Oc2nc(Cl)nc3sccc23)c(Br)cc1Cl. The molecule has 0 spiro atoms. The lowest BCUT2D eigenvalue weighted by Gasteiger charge is -2.08. The third-order valence-corrected chi connectivity index (χ3v) is 4.33. The van der Waals surface area contributed by atoms with Crippen LogP contribution in [0.2, 0.25) is 10.3 Å². The number of ether oxygens (including phenoxy) is 1. The average molecular weight is 394 g/mol. The van der Waals surface area contributed by atoms with Crippen LogP contribution in [0.5, 0.6) is 11.6 Å². The van der Waals surface area contributed by atoms with Crippen molar-refractivity contribution in [2.75, 3.05) is 0 Å². The van der Waals surface area contributed by atoms with Crippen molar-refractivity contribution in [3.63, 3.8) is 0 Å². The summed E-state index contributed by atoms with van der Waals surface area (Å²) in [4.78, 5) is 8.80. The van der Waals surface area contributed by atoms with Gasteiger partial charge in [-0.15, -0.1) is 11.3 Å². The van der Waals surface area contributed by atoms with Crippen LogP contribution in [0.4, 0.5) is 4.39 Å². The molecule has 2 heterocycles. The predicted octanol–water partition coefficient (Wildman–Crippen LogP) is 5.69. The maximum absolute atomic E-state index is 13.5. The van der Waals surface area contributed by atoms with Gasteiger partial charge in [0.1, 0.15) is 16.4 Å². The van der Waals surface area contributed by atoms with Crippen LogP contribution in [0.3, 0.4) is 0 Å². The number of thiophene rings is 1. The van der Waals surface area contributed by atoms with E-state index in [2.05, 4.69) is 25.9 Å². The first-order valence-electron chi connectivity index (χ1n) is 5.28. The lowest BCUT2D eigenvalue weighted by molar-refractivity contribution is 0.460. The monoisotopic (exact) mass is 392 g/mol. The van der Waals surface area contributed by atoms with Gasteiger partial charge in [-0.3, -0.25) is 0 Å². The number of hydrogen-bond acceptors (Lipinski definition) is 4. The van der Waals surface area contributed by atoms with Gasteiger partial charge >= 0.3 is 0 Å². The van der Waals surface area contributed by atoms with E-state index in [0.29, 0.717) is 14.7 Å². The Bertz CT molecular complexity index is 811. The highest BCUT2D eigenvalue weighted by molar-refractivity contribution is 9.10. The van der Waals surface area contributed by atoms with E-state index in [1.807, 2.05) is 11.4 Å². The van der Waals surface area contributed by atoms with Crippen molar-refractivity contribution in [1.82, 2.24) is 9.97 Å². The molecule has 0 N–H and O–H groups in total. The Balaban J connectivity index is 2.09. The molecular weight excluding hydrogens is 390 g/mol. The molecule has 0 aliphatic carbocycles. The number of fused-ring (bicyclic) bond motifs is 1. The average Bonchev–Trinajstić information content (AvgIpc) is 2.84. The van der Waals surface area contributed by atoms with E-state index in [4.69, 9.17) is 27.9 Å². The smallest absolute Gasteiger partial charge is 0.232 e. The first-order chi connectivity index (χ1) is 9.54. The fourth-order valence-corrected chi connectivity index (χ4v) is 3.25. The van der Waals surface area contributed by atoms with Gasteiger partial charge in [0.15, 0.2) is 0 Å². The van der Waals surface area contributed by atoms with Gasteiger partial charge in [0.25, 0.3) is 0 Å². The second-order valence-electron chi connectivity index (χ2n) is 3.74. The third kappa shape index (κ3) is 2.61. The molecule has 0 saturated carbocycles. The lowest BCUT2D eigenvalue weighted by atomic mass is 10.3. The minimum absolute atomic E-state index is 0.00521. The van der Waals surface area contributed by atoms with E-state index in [0.717, 1.165) is 0 Å². The van der Waals surface area contributed by atoms with Crippen molar-refractivity contribution in [3.05, 3.63) is 44.2 Å². The molecule has 0 radical (unpaired) electrons. The van der Waals surface area contributed by atoms with Gasteiger partial charge in [0.2, 0.25) is 11.2 Å². The summed E-state index contributed by atoms with van der Waals surface area (Å²) in [5.74, 6) is -0.0515. The molecule has 0 amide bonds. The van der Waals surface area contributed by atoms with Crippen LogP contribution in [-0.2, 0) is 0 Å². The molecule has 0 aliphatic heterocycles. The van der Waals surface area contributed by atoms with Crippen molar-refractivity contribution in [3.8, 4) is 11.6 Å². The molecule has 0 aliphatic rings. The molecule has 0 bridgehead atoms. The third-order valence-electron chi connectivity index (χ3n) is 2.44. The molecule has 8 heteroatoms. The Morgan fingerprint density at radius 2 is 2.05 bits per heavy atom. The summed E-state index contributed by atoms with van der Waals surface area (Å²) >= 11 is 16.2. The molecule has 3 rings (SSSR count). The zero-order valence-electron chi connectivity index (χ0n) is 9.53. The Morgan fingerprint density at radius 1 is 1.25 bits per heavy atom. The molecule has 20 heavy (non-hydrogen) atoms. The summed E-state index contributed by atoms with van der Waals surface area (Å²) < 4.78 is 19.6. The normalized spacial score (nSPS) is 11.0. The van der Waals surface area contributed by atoms with Crippen LogP contribution in [0.1, 0.15) is 0 Å². The van der Waals surface area contributed by atoms with Gasteiger partial charge in [-0.1, -0.05) is 11.6 Å². The molecular formula is C12H4BrCl2FN2OS. The first kappa shape index (κ1) is 14.0.